The van der Waals surface area contributed by atoms with Crippen molar-refractivity contribution in [2.75, 3.05) is 31.6 Å². The Morgan fingerprint density at radius 2 is 1.81 bits per heavy atom. The van der Waals surface area contributed by atoms with Crippen LogP contribution in [-0.4, -0.2) is 74.2 Å². The lowest BCUT2D eigenvalue weighted by atomic mass is 9.99. The van der Waals surface area contributed by atoms with Crippen molar-refractivity contribution in [1.82, 2.24) is 8.61 Å². The lowest BCUT2D eigenvalue weighted by molar-refractivity contribution is -0.142. The molecule has 0 spiro atoms. The van der Waals surface area contributed by atoms with E-state index in [1.807, 2.05) is 0 Å². The quantitative estimate of drug-likeness (QED) is 0.713. The van der Waals surface area contributed by atoms with Crippen molar-refractivity contribution in [1.29, 1.82) is 0 Å². The molecule has 2 aliphatic rings. The number of carboxylic acid groups (broad SMARTS) is 1. The van der Waals surface area contributed by atoms with E-state index in [9.17, 15) is 21.6 Å². The van der Waals surface area contributed by atoms with E-state index in [0.717, 1.165) is 4.31 Å². The number of nitrogens with zero attached hydrogens (tertiary/aromatic N) is 2. The number of hydrogen-bond donors (Lipinski definition) is 1. The monoisotopic (exact) mass is 340 g/mol. The maximum atomic E-state index is 12.5. The molecule has 10 heteroatoms. The van der Waals surface area contributed by atoms with Gasteiger partial charge in [-0.25, -0.2) is 8.42 Å². The summed E-state index contributed by atoms with van der Waals surface area (Å²) in [7, 11) is -5.50. The minimum atomic E-state index is -3.74. The molecule has 0 aliphatic carbocycles. The van der Waals surface area contributed by atoms with Crippen molar-refractivity contribution in [3.8, 4) is 0 Å². The molecule has 1 atom stereocenters. The first kappa shape index (κ1) is 16.7. The maximum Gasteiger partial charge on any atom is 0.306 e. The fourth-order valence-corrected chi connectivity index (χ4v) is 6.23. The van der Waals surface area contributed by atoms with Gasteiger partial charge in [0.1, 0.15) is 0 Å². The van der Waals surface area contributed by atoms with Gasteiger partial charge in [0, 0.05) is 26.2 Å². The predicted molar refractivity (Wildman–Crippen MR) is 75.7 cm³/mol. The van der Waals surface area contributed by atoms with E-state index in [1.165, 1.54) is 11.4 Å². The van der Waals surface area contributed by atoms with Gasteiger partial charge >= 0.3 is 5.97 Å². The highest BCUT2D eigenvalue weighted by molar-refractivity contribution is 7.91. The number of carboxylic acids is 1. The normalized spacial score (nSPS) is 28.0. The summed E-state index contributed by atoms with van der Waals surface area (Å²) in [6.45, 7) is 0.312. The summed E-state index contributed by atoms with van der Waals surface area (Å²) in [5.74, 6) is -1.54. The van der Waals surface area contributed by atoms with Gasteiger partial charge in [-0.2, -0.15) is 17.0 Å². The lowest BCUT2D eigenvalue weighted by Crippen LogP contribution is -2.50. The van der Waals surface area contributed by atoms with Gasteiger partial charge in [-0.1, -0.05) is 0 Å². The third-order valence-corrected chi connectivity index (χ3v) is 8.01. The molecule has 8 nitrogen and oxygen atoms in total. The zero-order valence-corrected chi connectivity index (χ0v) is 13.4. The molecule has 0 radical (unpaired) electrons. The van der Waals surface area contributed by atoms with E-state index in [1.54, 1.807) is 0 Å². The van der Waals surface area contributed by atoms with Crippen molar-refractivity contribution in [2.45, 2.75) is 25.3 Å². The molecule has 0 aromatic carbocycles. The first-order valence-corrected chi connectivity index (χ1v) is 10.0. The molecule has 1 unspecified atom stereocenters. The number of piperidine rings is 1. The number of sulfone groups is 1. The standard InChI is InChI=1S/C11H20N2O6S2/c1-12(10-4-7-20(16,17)8-10)21(18,19)13-5-2-9(3-6-13)11(14)15/h9-10H,2-8H2,1H3,(H,14,15). The predicted octanol–water partition coefficient (Wildman–Crippen LogP) is -0.853. The van der Waals surface area contributed by atoms with Crippen molar-refractivity contribution < 1.29 is 26.7 Å². The van der Waals surface area contributed by atoms with E-state index in [4.69, 9.17) is 5.11 Å². The molecular formula is C11H20N2O6S2. The molecule has 1 N–H and O–H groups in total. The molecule has 0 aromatic rings. The molecular weight excluding hydrogens is 320 g/mol. The molecule has 0 bridgehead atoms. The van der Waals surface area contributed by atoms with Crippen molar-refractivity contribution in [3.05, 3.63) is 0 Å². The van der Waals surface area contributed by atoms with Crippen molar-refractivity contribution in [3.63, 3.8) is 0 Å². The fourth-order valence-electron chi connectivity index (χ4n) is 2.77. The summed E-state index contributed by atoms with van der Waals surface area (Å²) >= 11 is 0. The molecule has 0 amide bonds. The van der Waals surface area contributed by atoms with Crippen LogP contribution in [0.15, 0.2) is 0 Å². The third-order valence-electron chi connectivity index (χ3n) is 4.22. The molecule has 2 aliphatic heterocycles. The van der Waals surface area contributed by atoms with Crippen LogP contribution in [0.4, 0.5) is 0 Å². The van der Waals surface area contributed by atoms with Gasteiger partial charge in [0.15, 0.2) is 9.84 Å². The lowest BCUT2D eigenvalue weighted by Gasteiger charge is -2.34. The largest absolute Gasteiger partial charge is 0.481 e. The van der Waals surface area contributed by atoms with Crippen LogP contribution in [-0.2, 0) is 24.8 Å². The summed E-state index contributed by atoms with van der Waals surface area (Å²) in [6, 6.07) is -0.530. The van der Waals surface area contributed by atoms with E-state index in [-0.39, 0.29) is 37.4 Å². The summed E-state index contributed by atoms with van der Waals surface area (Å²) in [5, 5.41) is 8.92. The fraction of sp³-hybridized carbons (Fsp3) is 0.909. The molecule has 0 saturated carbocycles. The van der Waals surface area contributed by atoms with Crippen LogP contribution in [0.3, 0.4) is 0 Å². The Kier molecular flexibility index (Phi) is 4.62. The molecule has 0 aromatic heterocycles. The summed E-state index contributed by atoms with van der Waals surface area (Å²) < 4.78 is 50.2. The van der Waals surface area contributed by atoms with Gasteiger partial charge in [0.25, 0.3) is 10.2 Å². The second kappa shape index (κ2) is 5.82. The topological polar surface area (TPSA) is 112 Å². The van der Waals surface area contributed by atoms with E-state index in [2.05, 4.69) is 0 Å². The summed E-state index contributed by atoms with van der Waals surface area (Å²) in [4.78, 5) is 10.9. The van der Waals surface area contributed by atoms with Gasteiger partial charge < -0.3 is 5.11 Å². The Labute approximate surface area is 124 Å². The van der Waals surface area contributed by atoms with Crippen molar-refractivity contribution in [2.24, 2.45) is 5.92 Å². The van der Waals surface area contributed by atoms with Crippen LogP contribution in [0.2, 0.25) is 0 Å². The Morgan fingerprint density at radius 3 is 2.24 bits per heavy atom. The van der Waals surface area contributed by atoms with E-state index >= 15 is 0 Å². The van der Waals surface area contributed by atoms with Crippen molar-refractivity contribution >= 4 is 26.0 Å². The van der Waals surface area contributed by atoms with Crippen LogP contribution in [0, 0.1) is 5.92 Å². The van der Waals surface area contributed by atoms with Gasteiger partial charge in [0.2, 0.25) is 0 Å². The van der Waals surface area contributed by atoms with E-state index < -0.39 is 38.0 Å². The van der Waals surface area contributed by atoms with Crippen LogP contribution in [0.5, 0.6) is 0 Å². The van der Waals surface area contributed by atoms with Crippen LogP contribution < -0.4 is 0 Å². The number of aliphatic carboxylic acids is 1. The van der Waals surface area contributed by atoms with E-state index in [0.29, 0.717) is 6.42 Å². The van der Waals surface area contributed by atoms with Gasteiger partial charge in [0.05, 0.1) is 17.4 Å². The molecule has 122 valence electrons. The molecule has 21 heavy (non-hydrogen) atoms. The Bertz CT molecular complexity index is 607. The first-order chi connectivity index (χ1) is 9.63. The average molecular weight is 340 g/mol. The summed E-state index contributed by atoms with van der Waals surface area (Å²) in [6.07, 6.45) is 0.875. The molecule has 2 heterocycles. The Balaban J connectivity index is 2.04. The van der Waals surface area contributed by atoms with Crippen LogP contribution in [0.25, 0.3) is 0 Å². The zero-order valence-electron chi connectivity index (χ0n) is 11.8. The highest BCUT2D eigenvalue weighted by atomic mass is 32.2. The Hall–Kier alpha value is -0.710. The highest BCUT2D eigenvalue weighted by Gasteiger charge is 2.40. The van der Waals surface area contributed by atoms with Crippen LogP contribution in [0.1, 0.15) is 19.3 Å². The molecule has 2 fully saturated rings. The second-order valence-electron chi connectivity index (χ2n) is 5.59. The Morgan fingerprint density at radius 1 is 1.24 bits per heavy atom. The minimum Gasteiger partial charge on any atom is -0.481 e. The smallest absolute Gasteiger partial charge is 0.306 e. The zero-order chi connectivity index (χ0) is 15.8. The third kappa shape index (κ3) is 3.55. The van der Waals surface area contributed by atoms with Crippen LogP contribution >= 0.6 is 0 Å². The molecule has 2 saturated heterocycles. The average Bonchev–Trinajstić information content (AvgIpc) is 2.78. The SMILES string of the molecule is CN(C1CCS(=O)(=O)C1)S(=O)(=O)N1CCC(C(=O)O)CC1. The number of carbonyl (C=O) groups is 1. The maximum absolute atomic E-state index is 12.5. The first-order valence-electron chi connectivity index (χ1n) is 6.80. The number of rotatable bonds is 4. The number of hydrogen-bond acceptors (Lipinski definition) is 5. The van der Waals surface area contributed by atoms with Gasteiger partial charge in [-0.15, -0.1) is 0 Å². The molecule has 2 rings (SSSR count). The minimum absolute atomic E-state index is 0.0125. The summed E-state index contributed by atoms with van der Waals surface area (Å²) in [5.41, 5.74) is 0. The van der Waals surface area contributed by atoms with Gasteiger partial charge in [-0.3, -0.25) is 4.79 Å². The second-order valence-corrected chi connectivity index (χ2v) is 9.81. The van der Waals surface area contributed by atoms with Gasteiger partial charge in [-0.05, 0) is 19.3 Å². The highest BCUT2D eigenvalue weighted by Crippen LogP contribution is 2.25.